The molecule has 0 unspecified atom stereocenters. The van der Waals surface area contributed by atoms with Crippen LogP contribution in [0.25, 0.3) is 6.08 Å². The minimum atomic E-state index is -0.0449. The summed E-state index contributed by atoms with van der Waals surface area (Å²) in [5.41, 5.74) is 5.63. The Bertz CT molecular complexity index is 1080. The fourth-order valence-electron chi connectivity index (χ4n) is 4.90. The Labute approximate surface area is 215 Å². The highest BCUT2D eigenvalue weighted by atomic mass is 16.1. The van der Waals surface area contributed by atoms with Gasteiger partial charge in [0.15, 0.2) is 0 Å². The summed E-state index contributed by atoms with van der Waals surface area (Å²) in [7, 11) is 0. The Kier molecular flexibility index (Phi) is 9.42. The second-order valence-electron chi connectivity index (χ2n) is 9.56. The van der Waals surface area contributed by atoms with E-state index in [4.69, 9.17) is 0 Å². The van der Waals surface area contributed by atoms with Crippen LogP contribution < -0.4 is 5.32 Å². The van der Waals surface area contributed by atoms with Crippen molar-refractivity contribution >= 4 is 12.0 Å². The fraction of sp³-hybridized carbons (Fsp3) is 0.355. The van der Waals surface area contributed by atoms with Gasteiger partial charge in [0.25, 0.3) is 0 Å². The lowest BCUT2D eigenvalue weighted by Gasteiger charge is -2.39. The van der Waals surface area contributed by atoms with Gasteiger partial charge in [0.1, 0.15) is 0 Å². The van der Waals surface area contributed by atoms with Crippen LogP contribution in [0.5, 0.6) is 0 Å². The van der Waals surface area contributed by atoms with Crippen molar-refractivity contribution in [3.63, 3.8) is 0 Å². The van der Waals surface area contributed by atoms with Gasteiger partial charge in [0, 0.05) is 50.2 Å². The number of amides is 1. The van der Waals surface area contributed by atoms with Crippen LogP contribution >= 0.6 is 0 Å². The summed E-state index contributed by atoms with van der Waals surface area (Å²) >= 11 is 0. The highest BCUT2D eigenvalue weighted by molar-refractivity contribution is 5.91. The lowest BCUT2D eigenvalue weighted by atomic mass is 9.96. The molecule has 0 atom stereocenters. The second kappa shape index (κ2) is 13.1. The molecule has 188 valence electrons. The SMILES string of the molecule is Cc1ccc(/C=C/C(=O)NCCCCN2CCN(C(c3ccccc3)c3ccccc3)CC2)c(C)n1. The summed E-state index contributed by atoms with van der Waals surface area (Å²) in [4.78, 5) is 21.8. The molecule has 2 heterocycles. The average molecular weight is 483 g/mol. The number of nitrogens with zero attached hydrogens (tertiary/aromatic N) is 3. The van der Waals surface area contributed by atoms with Gasteiger partial charge in [-0.15, -0.1) is 0 Å². The van der Waals surface area contributed by atoms with Crippen LogP contribution in [0.3, 0.4) is 0 Å². The fourth-order valence-corrected chi connectivity index (χ4v) is 4.90. The predicted molar refractivity (Wildman–Crippen MR) is 148 cm³/mol. The highest BCUT2D eigenvalue weighted by Crippen LogP contribution is 2.29. The van der Waals surface area contributed by atoms with E-state index in [9.17, 15) is 4.79 Å². The Morgan fingerprint density at radius 2 is 1.53 bits per heavy atom. The molecule has 1 aliphatic heterocycles. The number of carbonyl (C=O) groups excluding carboxylic acids is 1. The quantitative estimate of drug-likeness (QED) is 0.326. The minimum Gasteiger partial charge on any atom is -0.353 e. The molecule has 1 amide bonds. The molecule has 2 aromatic carbocycles. The number of aryl methyl sites for hydroxylation is 2. The van der Waals surface area contributed by atoms with Gasteiger partial charge in [-0.2, -0.15) is 0 Å². The number of hydrogen-bond acceptors (Lipinski definition) is 4. The van der Waals surface area contributed by atoms with Crippen molar-refractivity contribution in [1.82, 2.24) is 20.1 Å². The first-order valence-corrected chi connectivity index (χ1v) is 13.1. The first-order chi connectivity index (χ1) is 17.6. The molecule has 1 fully saturated rings. The van der Waals surface area contributed by atoms with Gasteiger partial charge in [-0.3, -0.25) is 14.7 Å². The first kappa shape index (κ1) is 25.8. The summed E-state index contributed by atoms with van der Waals surface area (Å²) in [5.74, 6) is -0.0449. The van der Waals surface area contributed by atoms with Gasteiger partial charge < -0.3 is 10.2 Å². The van der Waals surface area contributed by atoms with Crippen molar-refractivity contribution in [3.05, 3.63) is 107 Å². The summed E-state index contributed by atoms with van der Waals surface area (Å²) < 4.78 is 0. The van der Waals surface area contributed by atoms with Crippen LogP contribution in [0.1, 0.15) is 47.0 Å². The van der Waals surface area contributed by atoms with Gasteiger partial charge >= 0.3 is 0 Å². The number of aromatic nitrogens is 1. The Hall–Kier alpha value is -3.28. The maximum atomic E-state index is 12.2. The summed E-state index contributed by atoms with van der Waals surface area (Å²) in [5, 5.41) is 3.01. The van der Waals surface area contributed by atoms with Crippen LogP contribution in [0, 0.1) is 13.8 Å². The van der Waals surface area contributed by atoms with E-state index < -0.39 is 0 Å². The van der Waals surface area contributed by atoms with Crippen LogP contribution in [0.4, 0.5) is 0 Å². The van der Waals surface area contributed by atoms with Crippen molar-refractivity contribution in [1.29, 1.82) is 0 Å². The molecule has 0 saturated carbocycles. The molecule has 1 N–H and O–H groups in total. The Morgan fingerprint density at radius 3 is 2.14 bits per heavy atom. The number of benzene rings is 2. The third-order valence-electron chi connectivity index (χ3n) is 6.88. The number of carbonyl (C=O) groups is 1. The minimum absolute atomic E-state index is 0.0449. The maximum Gasteiger partial charge on any atom is 0.244 e. The van der Waals surface area contributed by atoms with Gasteiger partial charge in [-0.1, -0.05) is 66.7 Å². The molecule has 0 bridgehead atoms. The van der Waals surface area contributed by atoms with Crippen molar-refractivity contribution < 1.29 is 4.79 Å². The van der Waals surface area contributed by atoms with E-state index in [1.165, 1.54) is 11.1 Å². The highest BCUT2D eigenvalue weighted by Gasteiger charge is 2.26. The van der Waals surface area contributed by atoms with Gasteiger partial charge in [-0.05, 0) is 62.1 Å². The van der Waals surface area contributed by atoms with E-state index in [0.29, 0.717) is 12.6 Å². The topological polar surface area (TPSA) is 48.5 Å². The monoisotopic (exact) mass is 482 g/mol. The Morgan fingerprint density at radius 1 is 0.889 bits per heavy atom. The summed E-state index contributed by atoms with van der Waals surface area (Å²) in [6.45, 7) is 10.00. The van der Waals surface area contributed by atoms with E-state index in [0.717, 1.165) is 62.5 Å². The molecular weight excluding hydrogens is 444 g/mol. The largest absolute Gasteiger partial charge is 0.353 e. The molecule has 5 nitrogen and oxygen atoms in total. The van der Waals surface area contributed by atoms with E-state index in [2.05, 4.69) is 80.8 Å². The van der Waals surface area contributed by atoms with E-state index in [-0.39, 0.29) is 5.91 Å². The number of nitrogens with one attached hydrogen (secondary N) is 1. The second-order valence-corrected chi connectivity index (χ2v) is 9.56. The van der Waals surface area contributed by atoms with Crippen molar-refractivity contribution in [2.75, 3.05) is 39.3 Å². The summed E-state index contributed by atoms with van der Waals surface area (Å²) in [6, 6.07) is 26.0. The van der Waals surface area contributed by atoms with Crippen LogP contribution in [-0.4, -0.2) is 60.0 Å². The molecule has 1 saturated heterocycles. The van der Waals surface area contributed by atoms with Crippen molar-refractivity contribution in [2.45, 2.75) is 32.7 Å². The standard InChI is InChI=1S/C31H38N4O/c1-25-15-16-27(26(2)33-25)17-18-30(36)32-19-9-10-20-34-21-23-35(24-22-34)31(28-11-5-3-6-12-28)29-13-7-4-8-14-29/h3-8,11-18,31H,9-10,19-24H2,1-2H3,(H,32,36)/b18-17+. The number of rotatable bonds is 10. The van der Waals surface area contributed by atoms with Crippen molar-refractivity contribution in [2.24, 2.45) is 0 Å². The first-order valence-electron chi connectivity index (χ1n) is 13.1. The normalized spacial score (nSPS) is 15.0. The van der Waals surface area contributed by atoms with E-state index in [1.807, 2.05) is 32.1 Å². The van der Waals surface area contributed by atoms with Gasteiger partial charge in [0.05, 0.1) is 6.04 Å². The zero-order valence-corrected chi connectivity index (χ0v) is 21.6. The van der Waals surface area contributed by atoms with Crippen LogP contribution in [0.15, 0.2) is 78.9 Å². The van der Waals surface area contributed by atoms with Gasteiger partial charge in [-0.25, -0.2) is 0 Å². The molecule has 0 aliphatic carbocycles. The third kappa shape index (κ3) is 7.36. The lowest BCUT2D eigenvalue weighted by Crippen LogP contribution is -2.48. The zero-order valence-electron chi connectivity index (χ0n) is 21.6. The van der Waals surface area contributed by atoms with Crippen LogP contribution in [-0.2, 0) is 4.79 Å². The molecule has 1 aliphatic rings. The molecule has 0 radical (unpaired) electrons. The maximum absolute atomic E-state index is 12.2. The predicted octanol–water partition coefficient (Wildman–Crippen LogP) is 5.02. The number of pyridine rings is 1. The molecule has 3 aromatic rings. The molecular formula is C31H38N4O. The van der Waals surface area contributed by atoms with E-state index in [1.54, 1.807) is 6.08 Å². The van der Waals surface area contributed by atoms with E-state index >= 15 is 0 Å². The van der Waals surface area contributed by atoms with Crippen LogP contribution in [0.2, 0.25) is 0 Å². The molecule has 4 rings (SSSR count). The molecule has 5 heteroatoms. The molecule has 1 aromatic heterocycles. The lowest BCUT2D eigenvalue weighted by molar-refractivity contribution is -0.116. The van der Waals surface area contributed by atoms with Crippen molar-refractivity contribution in [3.8, 4) is 0 Å². The zero-order chi connectivity index (χ0) is 25.2. The smallest absolute Gasteiger partial charge is 0.244 e. The third-order valence-corrected chi connectivity index (χ3v) is 6.88. The number of unbranched alkanes of at least 4 members (excludes halogenated alkanes) is 1. The number of piperazine rings is 1. The average Bonchev–Trinajstić information content (AvgIpc) is 2.90. The number of hydrogen-bond donors (Lipinski definition) is 1. The molecule has 0 spiro atoms. The molecule has 36 heavy (non-hydrogen) atoms. The summed E-state index contributed by atoms with van der Waals surface area (Å²) in [6.07, 6.45) is 5.52. The van der Waals surface area contributed by atoms with Gasteiger partial charge in [0.2, 0.25) is 5.91 Å². The Balaban J connectivity index is 1.18.